The molecule has 0 aromatic carbocycles. The van der Waals surface area contributed by atoms with Gasteiger partial charge in [-0.3, -0.25) is 13.9 Å². The first kappa shape index (κ1) is 15.5. The molecule has 0 atom stereocenters. The molecule has 0 saturated heterocycles. The number of aryl methyl sites for hydroxylation is 2. The van der Waals surface area contributed by atoms with Crippen molar-refractivity contribution >= 4 is 11.2 Å². The summed E-state index contributed by atoms with van der Waals surface area (Å²) in [4.78, 5) is 28.2. The summed E-state index contributed by atoms with van der Waals surface area (Å²) in [6.07, 6.45) is 3.17. The van der Waals surface area contributed by atoms with Crippen LogP contribution in [-0.4, -0.2) is 43.5 Å². The maximum atomic E-state index is 12.2. The smallest absolute Gasteiger partial charge is 0.332 e. The molecule has 0 aliphatic heterocycles. The number of rotatable bonds is 7. The Morgan fingerprint density at radius 2 is 1.90 bits per heavy atom. The number of aliphatic hydroxyl groups is 1. The molecule has 2 aromatic rings. The van der Waals surface area contributed by atoms with Crippen LogP contribution in [0.3, 0.4) is 0 Å². The van der Waals surface area contributed by atoms with E-state index in [4.69, 9.17) is 5.11 Å². The fourth-order valence-corrected chi connectivity index (χ4v) is 2.27. The lowest BCUT2D eigenvalue weighted by molar-refractivity contribution is 0.286. The van der Waals surface area contributed by atoms with E-state index in [-0.39, 0.29) is 17.9 Å². The maximum absolute atomic E-state index is 12.2. The van der Waals surface area contributed by atoms with Crippen LogP contribution in [0.5, 0.6) is 0 Å². The van der Waals surface area contributed by atoms with Crippen molar-refractivity contribution in [2.24, 2.45) is 14.1 Å². The van der Waals surface area contributed by atoms with E-state index in [1.165, 1.54) is 11.6 Å². The molecule has 0 spiro atoms. The van der Waals surface area contributed by atoms with Crippen LogP contribution in [0.1, 0.15) is 12.8 Å². The normalized spacial score (nSPS) is 11.4. The van der Waals surface area contributed by atoms with E-state index in [2.05, 4.69) is 10.3 Å². The Morgan fingerprint density at radius 1 is 1.19 bits per heavy atom. The number of imidazole rings is 1. The van der Waals surface area contributed by atoms with Crippen molar-refractivity contribution in [3.05, 3.63) is 27.2 Å². The van der Waals surface area contributed by atoms with Crippen molar-refractivity contribution in [2.45, 2.75) is 19.4 Å². The van der Waals surface area contributed by atoms with E-state index in [1.807, 2.05) is 0 Å². The van der Waals surface area contributed by atoms with Crippen LogP contribution in [0.25, 0.3) is 11.2 Å². The highest BCUT2D eigenvalue weighted by atomic mass is 16.3. The summed E-state index contributed by atoms with van der Waals surface area (Å²) >= 11 is 0. The number of aromatic nitrogens is 4. The predicted molar refractivity (Wildman–Crippen MR) is 79.4 cm³/mol. The second-order valence-electron chi connectivity index (χ2n) is 5.00. The van der Waals surface area contributed by atoms with Crippen molar-refractivity contribution in [2.75, 3.05) is 19.7 Å². The van der Waals surface area contributed by atoms with Crippen LogP contribution >= 0.6 is 0 Å². The molecule has 0 saturated carbocycles. The molecule has 0 radical (unpaired) electrons. The molecule has 2 aromatic heterocycles. The number of nitrogens with zero attached hydrogens (tertiary/aromatic N) is 4. The van der Waals surface area contributed by atoms with Gasteiger partial charge in [0.25, 0.3) is 5.56 Å². The van der Waals surface area contributed by atoms with Gasteiger partial charge in [0.15, 0.2) is 11.2 Å². The van der Waals surface area contributed by atoms with E-state index in [0.717, 1.165) is 30.5 Å². The molecule has 2 rings (SSSR count). The minimum Gasteiger partial charge on any atom is -0.396 e. The van der Waals surface area contributed by atoms with Crippen molar-refractivity contribution < 1.29 is 5.11 Å². The van der Waals surface area contributed by atoms with Gasteiger partial charge in [-0.25, -0.2) is 9.78 Å². The summed E-state index contributed by atoms with van der Waals surface area (Å²) in [6.45, 7) is 2.41. The average Bonchev–Trinajstić information content (AvgIpc) is 2.90. The van der Waals surface area contributed by atoms with Crippen molar-refractivity contribution in [3.8, 4) is 0 Å². The zero-order valence-electron chi connectivity index (χ0n) is 12.4. The van der Waals surface area contributed by atoms with E-state index < -0.39 is 0 Å². The zero-order valence-corrected chi connectivity index (χ0v) is 12.4. The fourth-order valence-electron chi connectivity index (χ4n) is 2.27. The molecule has 116 valence electrons. The van der Waals surface area contributed by atoms with Gasteiger partial charge in [-0.05, 0) is 25.9 Å². The Bertz CT molecular complexity index is 728. The first-order valence-electron chi connectivity index (χ1n) is 7.00. The van der Waals surface area contributed by atoms with Crippen molar-refractivity contribution in [1.82, 2.24) is 24.0 Å². The van der Waals surface area contributed by atoms with Gasteiger partial charge in [0.1, 0.15) is 0 Å². The van der Waals surface area contributed by atoms with Crippen molar-refractivity contribution in [3.63, 3.8) is 0 Å². The fraction of sp³-hybridized carbons (Fsp3) is 0.615. The van der Waals surface area contributed by atoms with Gasteiger partial charge in [0.2, 0.25) is 0 Å². The van der Waals surface area contributed by atoms with Crippen molar-refractivity contribution in [1.29, 1.82) is 0 Å². The topological polar surface area (TPSA) is 94.1 Å². The molecular weight excluding hydrogens is 274 g/mol. The van der Waals surface area contributed by atoms with Crippen LogP contribution < -0.4 is 16.6 Å². The highest BCUT2D eigenvalue weighted by Crippen LogP contribution is 2.05. The van der Waals surface area contributed by atoms with Gasteiger partial charge in [-0.2, -0.15) is 0 Å². The third kappa shape index (κ3) is 3.06. The predicted octanol–water partition coefficient (Wildman–Crippen LogP) is -1.20. The Hall–Kier alpha value is -1.93. The lowest BCUT2D eigenvalue weighted by Gasteiger charge is -2.07. The summed E-state index contributed by atoms with van der Waals surface area (Å²) in [5.41, 5.74) is 0.175. The lowest BCUT2D eigenvalue weighted by Crippen LogP contribution is -2.37. The molecular formula is C13H21N5O3. The second kappa shape index (κ2) is 6.68. The van der Waals surface area contributed by atoms with Crippen LogP contribution in [0, 0.1) is 0 Å². The summed E-state index contributed by atoms with van der Waals surface area (Å²) < 4.78 is 4.26. The molecule has 0 unspecified atom stereocenters. The number of aliphatic hydroxyl groups excluding tert-OH is 1. The first-order chi connectivity index (χ1) is 10.1. The van der Waals surface area contributed by atoms with Gasteiger partial charge in [0.05, 0.1) is 6.33 Å². The largest absolute Gasteiger partial charge is 0.396 e. The molecule has 2 heterocycles. The summed E-state index contributed by atoms with van der Waals surface area (Å²) in [6, 6.07) is 0. The molecule has 21 heavy (non-hydrogen) atoms. The molecule has 8 heteroatoms. The van der Waals surface area contributed by atoms with Crippen LogP contribution in [0.15, 0.2) is 15.9 Å². The summed E-state index contributed by atoms with van der Waals surface area (Å²) in [5.74, 6) is 0. The number of hydrogen-bond acceptors (Lipinski definition) is 5. The molecule has 0 aliphatic rings. The van der Waals surface area contributed by atoms with E-state index in [0.29, 0.717) is 17.7 Å². The first-order valence-corrected chi connectivity index (χ1v) is 7.00. The Kier molecular flexibility index (Phi) is 4.92. The van der Waals surface area contributed by atoms with Crippen LogP contribution in [0.2, 0.25) is 0 Å². The summed E-state index contributed by atoms with van der Waals surface area (Å²) in [7, 11) is 3.08. The zero-order chi connectivity index (χ0) is 15.4. The quantitative estimate of drug-likeness (QED) is 0.626. The van der Waals surface area contributed by atoms with Crippen LogP contribution in [0.4, 0.5) is 0 Å². The standard InChI is InChI=1S/C13H21N5O3/c1-16-11-10(12(20)17(2)13(16)21)18(9-15-11)7-3-5-14-6-4-8-19/h9,14,19H,3-8H2,1-2H3. The molecule has 0 aliphatic carbocycles. The highest BCUT2D eigenvalue weighted by Gasteiger charge is 2.13. The summed E-state index contributed by atoms with van der Waals surface area (Å²) in [5, 5.41) is 11.9. The minimum atomic E-state index is -0.372. The number of fused-ring (bicyclic) bond motifs is 1. The Balaban J connectivity index is 2.15. The number of hydrogen-bond donors (Lipinski definition) is 2. The average molecular weight is 295 g/mol. The van der Waals surface area contributed by atoms with Gasteiger partial charge < -0.3 is 15.0 Å². The monoisotopic (exact) mass is 295 g/mol. The highest BCUT2D eigenvalue weighted by molar-refractivity contribution is 5.69. The van der Waals surface area contributed by atoms with Gasteiger partial charge in [-0.15, -0.1) is 0 Å². The Morgan fingerprint density at radius 3 is 2.62 bits per heavy atom. The molecule has 8 nitrogen and oxygen atoms in total. The Labute approximate surface area is 121 Å². The van der Waals surface area contributed by atoms with Crippen LogP contribution in [-0.2, 0) is 20.6 Å². The minimum absolute atomic E-state index is 0.184. The van der Waals surface area contributed by atoms with E-state index in [1.54, 1.807) is 17.9 Å². The molecule has 2 N–H and O–H groups in total. The molecule has 0 amide bonds. The third-order valence-electron chi connectivity index (χ3n) is 3.48. The van der Waals surface area contributed by atoms with E-state index >= 15 is 0 Å². The maximum Gasteiger partial charge on any atom is 0.332 e. The second-order valence-corrected chi connectivity index (χ2v) is 5.00. The van der Waals surface area contributed by atoms with Gasteiger partial charge >= 0.3 is 5.69 Å². The van der Waals surface area contributed by atoms with Gasteiger partial charge in [-0.1, -0.05) is 0 Å². The third-order valence-corrected chi connectivity index (χ3v) is 3.48. The molecule has 0 fully saturated rings. The van der Waals surface area contributed by atoms with E-state index in [9.17, 15) is 9.59 Å². The number of nitrogens with one attached hydrogen (secondary N) is 1. The lowest BCUT2D eigenvalue weighted by atomic mass is 10.3. The SMILES string of the molecule is Cn1c(=O)c2c(ncn2CCCNCCCO)n(C)c1=O. The van der Waals surface area contributed by atoms with Gasteiger partial charge in [0, 0.05) is 27.2 Å². The molecule has 0 bridgehead atoms.